The van der Waals surface area contributed by atoms with Crippen molar-refractivity contribution in [3.63, 3.8) is 0 Å². The lowest BCUT2D eigenvalue weighted by Crippen LogP contribution is -2.17. The number of nitrogens with one attached hydrogen (secondary N) is 1. The van der Waals surface area contributed by atoms with Gasteiger partial charge in [-0.1, -0.05) is 38.0 Å². The summed E-state index contributed by atoms with van der Waals surface area (Å²) in [5.74, 6) is -0.289. The number of unbranched alkanes of at least 4 members (excludes halogenated alkanes) is 3. The molecule has 0 bridgehead atoms. The fourth-order valence-corrected chi connectivity index (χ4v) is 3.73. The number of amides is 1. The van der Waals surface area contributed by atoms with Crippen LogP contribution in [-0.4, -0.2) is 29.3 Å². The molecule has 0 fully saturated rings. The number of carboxylic acids is 1. The van der Waals surface area contributed by atoms with Gasteiger partial charge in [-0.05, 0) is 60.4 Å². The number of carbonyl (C=O) groups excluding carboxylic acids is 1. The number of hydrogen-bond donors (Lipinski definition) is 3. The van der Waals surface area contributed by atoms with Crippen LogP contribution >= 0.6 is 0 Å². The smallest absolute Gasteiger partial charge is 0.335 e. The van der Waals surface area contributed by atoms with Gasteiger partial charge in [0.1, 0.15) is 5.75 Å². The maximum atomic E-state index is 11.6. The number of fused-ring (bicyclic) bond motifs is 1. The molecular weight excluding hydrogens is 358 g/mol. The fourth-order valence-electron chi connectivity index (χ4n) is 3.73. The molecule has 28 heavy (non-hydrogen) atoms. The molecule has 1 aromatic rings. The summed E-state index contributed by atoms with van der Waals surface area (Å²) in [4.78, 5) is 22.6. The predicted molar refractivity (Wildman–Crippen MR) is 107 cm³/mol. The molecule has 152 valence electrons. The quantitative estimate of drug-likeness (QED) is 0.331. The van der Waals surface area contributed by atoms with Gasteiger partial charge in [-0.15, -0.1) is 0 Å². The van der Waals surface area contributed by atoms with E-state index in [2.05, 4.69) is 6.58 Å². The van der Waals surface area contributed by atoms with Crippen molar-refractivity contribution >= 4 is 17.4 Å². The second kappa shape index (κ2) is 10.7. The Morgan fingerprint density at radius 2 is 2.00 bits per heavy atom. The minimum Gasteiger partial charge on any atom is -0.497 e. The molecule has 0 aliphatic heterocycles. The lowest BCUT2D eigenvalue weighted by Gasteiger charge is -2.24. The van der Waals surface area contributed by atoms with Gasteiger partial charge in [-0.3, -0.25) is 10.0 Å². The number of aliphatic carboxylic acids is 1. The minimum absolute atomic E-state index is 0.259. The van der Waals surface area contributed by atoms with Gasteiger partial charge in [0, 0.05) is 6.42 Å². The number of hydrogen-bond acceptors (Lipinski definition) is 4. The monoisotopic (exact) mass is 387 g/mol. The van der Waals surface area contributed by atoms with E-state index in [0.29, 0.717) is 30.1 Å². The molecule has 1 amide bonds. The van der Waals surface area contributed by atoms with E-state index in [1.165, 1.54) is 0 Å². The molecule has 0 radical (unpaired) electrons. The first-order chi connectivity index (χ1) is 13.5. The van der Waals surface area contributed by atoms with Crippen molar-refractivity contribution in [1.29, 1.82) is 0 Å². The SMILES string of the molecule is C=C1C(C(=O)O)=CCCC(CCCCCCC(=O)NO)c2ccc(OC)cc21. The third-order valence-corrected chi connectivity index (χ3v) is 5.28. The molecule has 1 unspecified atom stereocenters. The number of ether oxygens (including phenoxy) is 1. The average molecular weight is 387 g/mol. The molecule has 1 atom stereocenters. The van der Waals surface area contributed by atoms with Gasteiger partial charge in [-0.25, -0.2) is 10.3 Å². The summed E-state index contributed by atoms with van der Waals surface area (Å²) in [6.45, 7) is 4.05. The topological polar surface area (TPSA) is 95.9 Å². The van der Waals surface area contributed by atoms with Crippen LogP contribution in [0.4, 0.5) is 0 Å². The minimum atomic E-state index is -0.955. The highest BCUT2D eigenvalue weighted by atomic mass is 16.5. The van der Waals surface area contributed by atoms with E-state index in [9.17, 15) is 14.7 Å². The number of carboxylic acid groups (broad SMARTS) is 1. The normalized spacial score (nSPS) is 16.4. The van der Waals surface area contributed by atoms with E-state index < -0.39 is 5.97 Å². The highest BCUT2D eigenvalue weighted by Gasteiger charge is 2.23. The van der Waals surface area contributed by atoms with Gasteiger partial charge in [-0.2, -0.15) is 0 Å². The first kappa shape index (κ1) is 21.7. The van der Waals surface area contributed by atoms with Crippen molar-refractivity contribution in [2.24, 2.45) is 0 Å². The van der Waals surface area contributed by atoms with Gasteiger partial charge >= 0.3 is 5.97 Å². The van der Waals surface area contributed by atoms with E-state index in [1.54, 1.807) is 18.7 Å². The van der Waals surface area contributed by atoms with Gasteiger partial charge in [0.05, 0.1) is 12.7 Å². The van der Waals surface area contributed by atoms with E-state index in [4.69, 9.17) is 9.94 Å². The maximum Gasteiger partial charge on any atom is 0.335 e. The summed E-state index contributed by atoms with van der Waals surface area (Å²) < 4.78 is 5.33. The number of methoxy groups -OCH3 is 1. The highest BCUT2D eigenvalue weighted by molar-refractivity contribution is 6.05. The molecule has 6 nitrogen and oxygen atoms in total. The molecule has 1 aliphatic rings. The molecule has 0 aromatic heterocycles. The molecule has 0 heterocycles. The van der Waals surface area contributed by atoms with Crippen LogP contribution in [0.1, 0.15) is 68.4 Å². The van der Waals surface area contributed by atoms with Crippen molar-refractivity contribution in [2.45, 2.75) is 57.3 Å². The molecule has 0 spiro atoms. The van der Waals surface area contributed by atoms with Crippen LogP contribution in [-0.2, 0) is 9.59 Å². The van der Waals surface area contributed by atoms with Crippen LogP contribution in [0, 0.1) is 0 Å². The first-order valence-electron chi connectivity index (χ1n) is 9.72. The lowest BCUT2D eigenvalue weighted by atomic mass is 9.80. The summed E-state index contributed by atoms with van der Waals surface area (Å²) in [6.07, 6.45) is 8.42. The number of carbonyl (C=O) groups is 2. The Morgan fingerprint density at radius 3 is 2.68 bits per heavy atom. The van der Waals surface area contributed by atoms with Gasteiger partial charge in [0.25, 0.3) is 0 Å². The molecule has 1 aromatic carbocycles. The number of rotatable bonds is 9. The number of hydroxylamine groups is 1. The highest BCUT2D eigenvalue weighted by Crippen LogP contribution is 2.39. The first-order valence-corrected chi connectivity index (χ1v) is 9.72. The molecule has 0 saturated heterocycles. The Bertz CT molecular complexity index is 753. The van der Waals surface area contributed by atoms with Crippen LogP contribution < -0.4 is 10.2 Å². The van der Waals surface area contributed by atoms with Crippen molar-refractivity contribution in [2.75, 3.05) is 7.11 Å². The standard InChI is InChI=1S/C22H29NO5/c1-15-18(22(25)26)10-7-9-16(8-5-3-4-6-11-21(24)23-27)19-13-12-17(28-2)14-20(15)19/h10,12-14,16,27H,1,3-9,11H2,2H3,(H,23,24)(H,25,26). The van der Waals surface area contributed by atoms with E-state index in [0.717, 1.165) is 49.7 Å². The van der Waals surface area contributed by atoms with Crippen molar-refractivity contribution in [3.05, 3.63) is 47.6 Å². The van der Waals surface area contributed by atoms with Gasteiger partial charge < -0.3 is 9.84 Å². The van der Waals surface area contributed by atoms with E-state index >= 15 is 0 Å². The van der Waals surface area contributed by atoms with Crippen LogP contribution in [0.25, 0.3) is 5.57 Å². The summed E-state index contributed by atoms with van der Waals surface area (Å²) in [5, 5.41) is 18.0. The molecular formula is C22H29NO5. The zero-order chi connectivity index (χ0) is 20.5. The largest absolute Gasteiger partial charge is 0.497 e. The Kier molecular flexibility index (Phi) is 8.26. The number of allylic oxidation sites excluding steroid dienone is 1. The molecule has 2 rings (SSSR count). The molecule has 3 N–H and O–H groups in total. The second-order valence-electron chi connectivity index (χ2n) is 7.12. The van der Waals surface area contributed by atoms with Gasteiger partial charge in [0.15, 0.2) is 0 Å². The molecule has 6 heteroatoms. The van der Waals surface area contributed by atoms with Crippen molar-refractivity contribution in [3.8, 4) is 5.75 Å². The summed E-state index contributed by atoms with van der Waals surface area (Å²) in [5.41, 5.74) is 4.41. The van der Waals surface area contributed by atoms with Crippen LogP contribution in [0.5, 0.6) is 5.75 Å². The molecule has 1 aliphatic carbocycles. The second-order valence-corrected chi connectivity index (χ2v) is 7.12. The van der Waals surface area contributed by atoms with Gasteiger partial charge in [0.2, 0.25) is 5.91 Å². The fraction of sp³-hybridized carbons (Fsp3) is 0.455. The predicted octanol–water partition coefficient (Wildman–Crippen LogP) is 4.44. The van der Waals surface area contributed by atoms with Crippen LogP contribution in [0.3, 0.4) is 0 Å². The maximum absolute atomic E-state index is 11.6. The number of benzene rings is 1. The summed E-state index contributed by atoms with van der Waals surface area (Å²) in [6, 6.07) is 5.82. The lowest BCUT2D eigenvalue weighted by molar-refractivity contribution is -0.132. The third-order valence-electron chi connectivity index (χ3n) is 5.28. The van der Waals surface area contributed by atoms with Crippen LogP contribution in [0.15, 0.2) is 36.4 Å². The van der Waals surface area contributed by atoms with Crippen molar-refractivity contribution in [1.82, 2.24) is 5.48 Å². The molecule has 0 saturated carbocycles. The Balaban J connectivity index is 2.08. The van der Waals surface area contributed by atoms with E-state index in [1.807, 2.05) is 18.2 Å². The van der Waals surface area contributed by atoms with Crippen LogP contribution in [0.2, 0.25) is 0 Å². The zero-order valence-corrected chi connectivity index (χ0v) is 16.4. The van der Waals surface area contributed by atoms with Crippen molar-refractivity contribution < 1.29 is 24.6 Å². The zero-order valence-electron chi connectivity index (χ0n) is 16.4. The third kappa shape index (κ3) is 5.70. The average Bonchev–Trinajstić information content (AvgIpc) is 2.69. The Morgan fingerprint density at radius 1 is 1.25 bits per heavy atom. The Labute approximate surface area is 165 Å². The van der Waals surface area contributed by atoms with E-state index in [-0.39, 0.29) is 11.5 Å². The Hall–Kier alpha value is -2.60. The summed E-state index contributed by atoms with van der Waals surface area (Å²) >= 11 is 0. The summed E-state index contributed by atoms with van der Waals surface area (Å²) in [7, 11) is 1.59.